The van der Waals surface area contributed by atoms with Crippen molar-refractivity contribution in [1.82, 2.24) is 14.7 Å². The summed E-state index contributed by atoms with van der Waals surface area (Å²) >= 11 is 0. The Morgan fingerprint density at radius 1 is 1.50 bits per heavy atom. The molecule has 0 saturated carbocycles. The van der Waals surface area contributed by atoms with Crippen molar-refractivity contribution in [3.63, 3.8) is 0 Å². The van der Waals surface area contributed by atoms with Crippen molar-refractivity contribution in [2.24, 2.45) is 0 Å². The lowest BCUT2D eigenvalue weighted by Crippen LogP contribution is -2.35. The quantitative estimate of drug-likeness (QED) is 0.764. The molecule has 1 aromatic heterocycles. The Morgan fingerprint density at radius 3 is 3.00 bits per heavy atom. The first-order chi connectivity index (χ1) is 7.83. The third-order valence-electron chi connectivity index (χ3n) is 3.21. The molecular weight excluding hydrogens is 206 g/mol. The van der Waals surface area contributed by atoms with Gasteiger partial charge in [-0.05, 0) is 12.5 Å². The first-order valence-corrected chi connectivity index (χ1v) is 5.68. The standard InChI is InChI=1S/C11H19N3O2/c1-16-11-7-10(9-15)13(8-11)5-6-14-4-2-3-12-14/h2-4,10-11,15H,5-9H2,1H3/t10-,11-/m0/s1. The molecule has 2 atom stereocenters. The minimum atomic E-state index is 0.207. The molecule has 0 aromatic carbocycles. The molecule has 1 fully saturated rings. The maximum Gasteiger partial charge on any atom is 0.0714 e. The van der Waals surface area contributed by atoms with Gasteiger partial charge in [-0.1, -0.05) is 0 Å². The fourth-order valence-electron chi connectivity index (χ4n) is 2.24. The highest BCUT2D eigenvalue weighted by Gasteiger charge is 2.31. The van der Waals surface area contributed by atoms with Crippen molar-refractivity contribution in [1.29, 1.82) is 0 Å². The fraction of sp³-hybridized carbons (Fsp3) is 0.727. The number of hydrogen-bond donors (Lipinski definition) is 1. The fourth-order valence-corrected chi connectivity index (χ4v) is 2.24. The van der Waals surface area contributed by atoms with Crippen LogP contribution in [0.15, 0.2) is 18.5 Å². The summed E-state index contributed by atoms with van der Waals surface area (Å²) in [5, 5.41) is 13.5. The third-order valence-corrected chi connectivity index (χ3v) is 3.21. The van der Waals surface area contributed by atoms with Crippen LogP contribution < -0.4 is 0 Å². The van der Waals surface area contributed by atoms with Crippen molar-refractivity contribution in [3.8, 4) is 0 Å². The molecule has 5 heteroatoms. The Balaban J connectivity index is 1.84. The largest absolute Gasteiger partial charge is 0.395 e. The molecule has 0 bridgehead atoms. The van der Waals surface area contributed by atoms with Crippen molar-refractivity contribution in [2.75, 3.05) is 26.8 Å². The van der Waals surface area contributed by atoms with E-state index in [2.05, 4.69) is 10.00 Å². The van der Waals surface area contributed by atoms with Crippen LogP contribution in [0.25, 0.3) is 0 Å². The monoisotopic (exact) mass is 225 g/mol. The third kappa shape index (κ3) is 2.61. The number of aromatic nitrogens is 2. The predicted molar refractivity (Wildman–Crippen MR) is 60.1 cm³/mol. The van der Waals surface area contributed by atoms with Crippen LogP contribution in [0.1, 0.15) is 6.42 Å². The zero-order chi connectivity index (χ0) is 11.4. The predicted octanol–water partition coefficient (Wildman–Crippen LogP) is -0.0353. The average molecular weight is 225 g/mol. The van der Waals surface area contributed by atoms with Gasteiger partial charge in [-0.15, -0.1) is 0 Å². The van der Waals surface area contributed by atoms with Crippen molar-refractivity contribution >= 4 is 0 Å². The van der Waals surface area contributed by atoms with Crippen molar-refractivity contribution < 1.29 is 9.84 Å². The van der Waals surface area contributed by atoms with E-state index in [9.17, 15) is 5.11 Å². The second-order valence-corrected chi connectivity index (χ2v) is 4.19. The van der Waals surface area contributed by atoms with Crippen LogP contribution >= 0.6 is 0 Å². The van der Waals surface area contributed by atoms with E-state index in [-0.39, 0.29) is 18.8 Å². The SMILES string of the molecule is CO[C@H]1C[C@@H](CO)N(CCn2cccn2)C1. The van der Waals surface area contributed by atoms with Gasteiger partial charge in [0.05, 0.1) is 19.3 Å². The maximum atomic E-state index is 9.29. The van der Waals surface area contributed by atoms with Gasteiger partial charge >= 0.3 is 0 Å². The van der Waals surface area contributed by atoms with E-state index in [0.29, 0.717) is 0 Å². The van der Waals surface area contributed by atoms with Gasteiger partial charge < -0.3 is 9.84 Å². The lowest BCUT2D eigenvalue weighted by atomic mass is 10.2. The van der Waals surface area contributed by atoms with E-state index in [4.69, 9.17) is 4.74 Å². The summed E-state index contributed by atoms with van der Waals surface area (Å²) in [6.45, 7) is 2.88. The highest BCUT2D eigenvalue weighted by molar-refractivity contribution is 4.86. The van der Waals surface area contributed by atoms with E-state index in [1.807, 2.05) is 16.9 Å². The molecule has 2 rings (SSSR count). The summed E-state index contributed by atoms with van der Waals surface area (Å²) in [4.78, 5) is 2.27. The van der Waals surface area contributed by atoms with Crippen molar-refractivity contribution in [2.45, 2.75) is 25.1 Å². The van der Waals surface area contributed by atoms with Crippen LogP contribution in [0.5, 0.6) is 0 Å². The molecule has 1 aliphatic heterocycles. The number of aliphatic hydroxyl groups excluding tert-OH is 1. The first kappa shape index (κ1) is 11.6. The van der Waals surface area contributed by atoms with Crippen LogP contribution in [0.4, 0.5) is 0 Å². The number of rotatable bonds is 5. The Hall–Kier alpha value is -0.910. The van der Waals surface area contributed by atoms with Gasteiger partial charge in [-0.25, -0.2) is 0 Å². The number of hydrogen-bond acceptors (Lipinski definition) is 4. The summed E-state index contributed by atoms with van der Waals surface area (Å²) in [5.74, 6) is 0. The van der Waals surface area contributed by atoms with E-state index in [1.165, 1.54) is 0 Å². The molecule has 1 saturated heterocycles. The Labute approximate surface area is 95.6 Å². The van der Waals surface area contributed by atoms with Gasteiger partial charge in [0.25, 0.3) is 0 Å². The number of ether oxygens (including phenoxy) is 1. The van der Waals surface area contributed by atoms with E-state index in [0.717, 1.165) is 26.1 Å². The normalized spacial score (nSPS) is 26.4. The number of methoxy groups -OCH3 is 1. The lowest BCUT2D eigenvalue weighted by molar-refractivity contribution is 0.107. The van der Waals surface area contributed by atoms with Crippen LogP contribution in [0.3, 0.4) is 0 Å². The Morgan fingerprint density at radius 2 is 2.38 bits per heavy atom. The number of likely N-dealkylation sites (tertiary alicyclic amines) is 1. The second-order valence-electron chi connectivity index (χ2n) is 4.19. The zero-order valence-corrected chi connectivity index (χ0v) is 9.62. The molecule has 1 aromatic rings. The van der Waals surface area contributed by atoms with Crippen LogP contribution in [0.2, 0.25) is 0 Å². The highest BCUT2D eigenvalue weighted by atomic mass is 16.5. The molecule has 0 aliphatic carbocycles. The summed E-state index contributed by atoms with van der Waals surface area (Å²) in [6.07, 6.45) is 4.92. The lowest BCUT2D eigenvalue weighted by Gasteiger charge is -2.21. The first-order valence-electron chi connectivity index (χ1n) is 5.68. The maximum absolute atomic E-state index is 9.29. The molecule has 90 valence electrons. The highest BCUT2D eigenvalue weighted by Crippen LogP contribution is 2.19. The smallest absolute Gasteiger partial charge is 0.0714 e. The van der Waals surface area contributed by atoms with Gasteiger partial charge in [0.1, 0.15) is 0 Å². The number of aliphatic hydroxyl groups is 1. The summed E-state index contributed by atoms with van der Waals surface area (Å²) in [6, 6.07) is 2.16. The summed E-state index contributed by atoms with van der Waals surface area (Å²) in [7, 11) is 1.73. The molecule has 1 aliphatic rings. The minimum absolute atomic E-state index is 0.207. The van der Waals surface area contributed by atoms with E-state index < -0.39 is 0 Å². The Bertz CT molecular complexity index is 302. The topological polar surface area (TPSA) is 50.5 Å². The summed E-state index contributed by atoms with van der Waals surface area (Å²) in [5.41, 5.74) is 0. The Kier molecular flexibility index (Phi) is 3.93. The van der Waals surface area contributed by atoms with Gasteiger partial charge in [0.15, 0.2) is 0 Å². The van der Waals surface area contributed by atoms with Gasteiger partial charge in [0, 0.05) is 38.6 Å². The zero-order valence-electron chi connectivity index (χ0n) is 9.62. The second kappa shape index (κ2) is 5.43. The molecule has 16 heavy (non-hydrogen) atoms. The molecule has 5 nitrogen and oxygen atoms in total. The minimum Gasteiger partial charge on any atom is -0.395 e. The molecule has 0 amide bonds. The molecule has 0 spiro atoms. The molecule has 0 radical (unpaired) electrons. The van der Waals surface area contributed by atoms with Gasteiger partial charge in [-0.2, -0.15) is 5.10 Å². The van der Waals surface area contributed by atoms with Gasteiger partial charge in [-0.3, -0.25) is 9.58 Å². The van der Waals surface area contributed by atoms with Crippen LogP contribution in [0, 0.1) is 0 Å². The van der Waals surface area contributed by atoms with Crippen LogP contribution in [-0.4, -0.2) is 58.7 Å². The van der Waals surface area contributed by atoms with E-state index in [1.54, 1.807) is 13.3 Å². The summed E-state index contributed by atoms with van der Waals surface area (Å²) < 4.78 is 7.25. The molecular formula is C11H19N3O2. The van der Waals surface area contributed by atoms with Crippen molar-refractivity contribution in [3.05, 3.63) is 18.5 Å². The number of nitrogens with zero attached hydrogens (tertiary/aromatic N) is 3. The van der Waals surface area contributed by atoms with E-state index >= 15 is 0 Å². The average Bonchev–Trinajstić information content (AvgIpc) is 2.95. The molecule has 0 unspecified atom stereocenters. The van der Waals surface area contributed by atoms with Gasteiger partial charge in [0.2, 0.25) is 0 Å². The molecule has 1 N–H and O–H groups in total. The molecule has 2 heterocycles. The van der Waals surface area contributed by atoms with Crippen LogP contribution in [-0.2, 0) is 11.3 Å².